The van der Waals surface area contributed by atoms with E-state index in [1.165, 1.54) is 11.0 Å². The first-order valence-corrected chi connectivity index (χ1v) is 7.51. The molecule has 0 radical (unpaired) electrons. The van der Waals surface area contributed by atoms with Gasteiger partial charge in [-0.1, -0.05) is 6.92 Å². The molecule has 122 valence electrons. The molecule has 2 aromatic rings. The zero-order chi connectivity index (χ0) is 16.7. The van der Waals surface area contributed by atoms with Crippen LogP contribution < -0.4 is 10.6 Å². The number of aromatic nitrogens is 4. The van der Waals surface area contributed by atoms with Gasteiger partial charge in [-0.3, -0.25) is 9.59 Å². The number of tetrazole rings is 1. The maximum absolute atomic E-state index is 12.0. The minimum Gasteiger partial charge on any atom is -0.354 e. The molecule has 0 saturated heterocycles. The summed E-state index contributed by atoms with van der Waals surface area (Å²) in [6, 6.07) is 7.02. The van der Waals surface area contributed by atoms with Gasteiger partial charge in [-0.05, 0) is 48.0 Å². The Balaban J connectivity index is 1.81. The molecule has 1 heterocycles. The topological polar surface area (TPSA) is 102 Å². The van der Waals surface area contributed by atoms with Crippen molar-refractivity contribution in [2.75, 3.05) is 6.54 Å². The third kappa shape index (κ3) is 4.87. The van der Waals surface area contributed by atoms with Crippen LogP contribution in [0.5, 0.6) is 0 Å². The molecule has 0 bridgehead atoms. The Hall–Kier alpha value is -2.77. The van der Waals surface area contributed by atoms with Gasteiger partial charge < -0.3 is 10.6 Å². The van der Waals surface area contributed by atoms with Crippen LogP contribution in [0.3, 0.4) is 0 Å². The Bertz CT molecular complexity index is 638. The van der Waals surface area contributed by atoms with E-state index in [2.05, 4.69) is 26.2 Å². The molecule has 23 heavy (non-hydrogen) atoms. The zero-order valence-corrected chi connectivity index (χ0v) is 13.2. The minimum atomic E-state index is -0.218. The highest BCUT2D eigenvalue weighted by Crippen LogP contribution is 2.07. The summed E-state index contributed by atoms with van der Waals surface area (Å²) < 4.78 is 1.50. The van der Waals surface area contributed by atoms with Crippen LogP contribution in [0.25, 0.3) is 5.69 Å². The monoisotopic (exact) mass is 316 g/mol. The van der Waals surface area contributed by atoms with Crippen molar-refractivity contribution in [2.24, 2.45) is 0 Å². The summed E-state index contributed by atoms with van der Waals surface area (Å²) in [6.07, 6.45) is 2.62. The van der Waals surface area contributed by atoms with Crippen molar-refractivity contribution in [3.05, 3.63) is 36.2 Å². The van der Waals surface area contributed by atoms with Crippen LogP contribution >= 0.6 is 0 Å². The van der Waals surface area contributed by atoms with Gasteiger partial charge in [0.1, 0.15) is 6.33 Å². The van der Waals surface area contributed by atoms with Gasteiger partial charge in [-0.2, -0.15) is 0 Å². The lowest BCUT2D eigenvalue weighted by Crippen LogP contribution is -2.35. The van der Waals surface area contributed by atoms with E-state index in [1.54, 1.807) is 24.3 Å². The molecular formula is C15H20N6O2. The smallest absolute Gasteiger partial charge is 0.251 e. The van der Waals surface area contributed by atoms with Crippen molar-refractivity contribution < 1.29 is 9.59 Å². The second kappa shape index (κ2) is 8.02. The number of carbonyl (C=O) groups is 2. The highest BCUT2D eigenvalue weighted by molar-refractivity contribution is 5.94. The Morgan fingerprint density at radius 2 is 2.00 bits per heavy atom. The van der Waals surface area contributed by atoms with Crippen LogP contribution in [0.1, 0.15) is 37.0 Å². The molecule has 0 unspecified atom stereocenters. The van der Waals surface area contributed by atoms with Gasteiger partial charge in [0.2, 0.25) is 5.91 Å². The number of carbonyl (C=O) groups excluding carboxylic acids is 2. The van der Waals surface area contributed by atoms with E-state index in [1.807, 2.05) is 13.8 Å². The highest BCUT2D eigenvalue weighted by atomic mass is 16.2. The molecule has 8 nitrogen and oxygen atoms in total. The molecule has 2 amide bonds. The third-order valence-corrected chi connectivity index (χ3v) is 3.40. The number of nitrogens with one attached hydrogen (secondary N) is 2. The van der Waals surface area contributed by atoms with E-state index in [9.17, 15) is 9.59 Å². The van der Waals surface area contributed by atoms with E-state index in [0.717, 1.165) is 12.1 Å². The van der Waals surface area contributed by atoms with E-state index in [4.69, 9.17) is 0 Å². The summed E-state index contributed by atoms with van der Waals surface area (Å²) in [5, 5.41) is 16.5. The molecule has 1 aromatic heterocycles. The molecule has 0 aliphatic rings. The molecule has 8 heteroatoms. The Morgan fingerprint density at radius 1 is 1.26 bits per heavy atom. The third-order valence-electron chi connectivity index (χ3n) is 3.40. The van der Waals surface area contributed by atoms with Gasteiger partial charge in [0, 0.05) is 24.6 Å². The van der Waals surface area contributed by atoms with Gasteiger partial charge in [0.25, 0.3) is 5.91 Å². The average Bonchev–Trinajstić information content (AvgIpc) is 3.09. The second-order valence-corrected chi connectivity index (χ2v) is 5.18. The standard InChI is InChI=1S/C15H20N6O2/c1-3-11(2)18-14(22)8-9-16-15(23)12-4-6-13(7-5-12)21-10-17-19-20-21/h4-7,10-11H,3,8-9H2,1-2H3,(H,16,23)(H,18,22)/t11-/m0/s1. The van der Waals surface area contributed by atoms with E-state index in [-0.39, 0.29) is 24.3 Å². The number of amides is 2. The van der Waals surface area contributed by atoms with Crippen molar-refractivity contribution in [2.45, 2.75) is 32.7 Å². The summed E-state index contributed by atoms with van der Waals surface area (Å²) in [5.41, 5.74) is 1.28. The first-order valence-electron chi connectivity index (χ1n) is 7.51. The summed E-state index contributed by atoms with van der Waals surface area (Å²) in [6.45, 7) is 4.25. The second-order valence-electron chi connectivity index (χ2n) is 5.18. The van der Waals surface area contributed by atoms with Gasteiger partial charge in [-0.15, -0.1) is 5.10 Å². The van der Waals surface area contributed by atoms with Crippen LogP contribution in [-0.4, -0.2) is 44.6 Å². The lowest BCUT2D eigenvalue weighted by molar-refractivity contribution is -0.121. The predicted octanol–water partition coefficient (Wildman–Crippen LogP) is 0.697. The Kier molecular flexibility index (Phi) is 5.79. The molecule has 0 spiro atoms. The quantitative estimate of drug-likeness (QED) is 0.783. The van der Waals surface area contributed by atoms with E-state index < -0.39 is 0 Å². The van der Waals surface area contributed by atoms with Crippen LogP contribution in [0, 0.1) is 0 Å². The van der Waals surface area contributed by atoms with Crippen LogP contribution in [0.15, 0.2) is 30.6 Å². The average molecular weight is 316 g/mol. The first-order chi connectivity index (χ1) is 11.1. The normalized spacial score (nSPS) is 11.7. The molecule has 2 rings (SSSR count). The number of nitrogens with zero attached hydrogens (tertiary/aromatic N) is 4. The Labute approximate surface area is 134 Å². The summed E-state index contributed by atoms with van der Waals surface area (Å²) in [4.78, 5) is 23.6. The van der Waals surface area contributed by atoms with Crippen molar-refractivity contribution in [3.63, 3.8) is 0 Å². The lowest BCUT2D eigenvalue weighted by Gasteiger charge is -2.11. The van der Waals surface area contributed by atoms with Crippen LogP contribution in [0.2, 0.25) is 0 Å². The van der Waals surface area contributed by atoms with Gasteiger partial charge in [0.05, 0.1) is 5.69 Å². The summed E-state index contributed by atoms with van der Waals surface area (Å²) in [7, 11) is 0. The van der Waals surface area contributed by atoms with Crippen molar-refractivity contribution in [1.82, 2.24) is 30.8 Å². The van der Waals surface area contributed by atoms with Gasteiger partial charge >= 0.3 is 0 Å². The Morgan fingerprint density at radius 3 is 2.61 bits per heavy atom. The molecule has 0 aliphatic carbocycles. The summed E-state index contributed by atoms with van der Waals surface area (Å²) >= 11 is 0. The number of benzene rings is 1. The highest BCUT2D eigenvalue weighted by Gasteiger charge is 2.08. The molecular weight excluding hydrogens is 296 g/mol. The maximum atomic E-state index is 12.0. The number of hydrogen-bond donors (Lipinski definition) is 2. The molecule has 0 aliphatic heterocycles. The van der Waals surface area contributed by atoms with Crippen molar-refractivity contribution >= 4 is 11.8 Å². The lowest BCUT2D eigenvalue weighted by atomic mass is 10.2. The predicted molar refractivity (Wildman–Crippen MR) is 84.0 cm³/mol. The molecule has 1 aromatic carbocycles. The zero-order valence-electron chi connectivity index (χ0n) is 13.2. The molecule has 2 N–H and O–H groups in total. The fourth-order valence-electron chi connectivity index (χ4n) is 1.89. The fourth-order valence-corrected chi connectivity index (χ4v) is 1.89. The number of rotatable bonds is 7. The summed E-state index contributed by atoms with van der Waals surface area (Å²) in [5.74, 6) is -0.279. The van der Waals surface area contributed by atoms with E-state index in [0.29, 0.717) is 12.1 Å². The molecule has 0 fully saturated rings. The first kappa shape index (κ1) is 16.6. The minimum absolute atomic E-state index is 0.0614. The largest absolute Gasteiger partial charge is 0.354 e. The van der Waals surface area contributed by atoms with Crippen molar-refractivity contribution in [1.29, 1.82) is 0 Å². The maximum Gasteiger partial charge on any atom is 0.251 e. The van der Waals surface area contributed by atoms with Crippen molar-refractivity contribution in [3.8, 4) is 5.69 Å². The van der Waals surface area contributed by atoms with Gasteiger partial charge in [-0.25, -0.2) is 4.68 Å². The molecule has 0 saturated carbocycles. The fraction of sp³-hybridized carbons (Fsp3) is 0.400. The van der Waals surface area contributed by atoms with E-state index >= 15 is 0 Å². The molecule has 1 atom stereocenters. The van der Waals surface area contributed by atoms with Crippen LogP contribution in [-0.2, 0) is 4.79 Å². The SMILES string of the molecule is CC[C@H](C)NC(=O)CCNC(=O)c1ccc(-n2cnnn2)cc1. The van der Waals surface area contributed by atoms with Gasteiger partial charge in [0.15, 0.2) is 0 Å². The van der Waals surface area contributed by atoms with Crippen LogP contribution in [0.4, 0.5) is 0 Å². The number of hydrogen-bond acceptors (Lipinski definition) is 5.